The van der Waals surface area contributed by atoms with Crippen LogP contribution in [0, 0.1) is 0 Å². The number of carboxylic acids is 1. The van der Waals surface area contributed by atoms with Crippen LogP contribution in [0.1, 0.15) is 43.0 Å². The largest absolute Gasteiger partial charge is 0.478 e. The van der Waals surface area contributed by atoms with Crippen LogP contribution in [-0.2, 0) is 4.79 Å². The fourth-order valence-electron chi connectivity index (χ4n) is 2.04. The lowest BCUT2D eigenvalue weighted by molar-refractivity contribution is -0.122. The van der Waals surface area contributed by atoms with Gasteiger partial charge in [0.05, 0.1) is 11.3 Å². The molecule has 0 fully saturated rings. The van der Waals surface area contributed by atoms with Crippen LogP contribution in [0.3, 0.4) is 0 Å². The number of carbonyl (C=O) groups excluding carboxylic acids is 1. The number of alkyl halides is 3. The zero-order chi connectivity index (χ0) is 19.7. The molecular weight excluding hydrogens is 421 g/mol. The van der Waals surface area contributed by atoms with Crippen molar-refractivity contribution in [3.8, 4) is 0 Å². The average Bonchev–Trinajstić information content (AvgIpc) is 2.54. The number of unbranched alkanes of at least 4 members (excludes halogenated alkanes) is 2. The lowest BCUT2D eigenvalue weighted by Crippen LogP contribution is -2.56. The van der Waals surface area contributed by atoms with Crippen LogP contribution in [0.25, 0.3) is 0 Å². The van der Waals surface area contributed by atoms with Crippen LogP contribution >= 0.6 is 47.0 Å². The number of hydrogen-bond acceptors (Lipinski definition) is 3. The van der Waals surface area contributed by atoms with Crippen LogP contribution in [0.2, 0.25) is 0 Å². The summed E-state index contributed by atoms with van der Waals surface area (Å²) in [7, 11) is 0. The van der Waals surface area contributed by atoms with Gasteiger partial charge in [-0.2, -0.15) is 0 Å². The lowest BCUT2D eigenvalue weighted by atomic mass is 10.2. The number of carbonyl (C=O) groups is 2. The van der Waals surface area contributed by atoms with Crippen LogP contribution in [0.4, 0.5) is 5.69 Å². The van der Waals surface area contributed by atoms with Gasteiger partial charge in [-0.15, -0.1) is 0 Å². The van der Waals surface area contributed by atoms with Crippen LogP contribution < -0.4 is 16.0 Å². The number of aromatic carboxylic acids is 1. The highest BCUT2D eigenvalue weighted by Gasteiger charge is 2.34. The van der Waals surface area contributed by atoms with E-state index in [4.69, 9.17) is 47.0 Å². The summed E-state index contributed by atoms with van der Waals surface area (Å²) in [4.78, 5) is 23.2. The Morgan fingerprint density at radius 2 is 1.85 bits per heavy atom. The highest BCUT2D eigenvalue weighted by atomic mass is 35.6. The van der Waals surface area contributed by atoms with Gasteiger partial charge >= 0.3 is 5.97 Å². The van der Waals surface area contributed by atoms with E-state index in [1.807, 2.05) is 6.92 Å². The zero-order valence-corrected chi connectivity index (χ0v) is 17.1. The molecule has 1 rings (SSSR count). The SMILES string of the molecule is CCCCCC(=O)N[C@H](NC(=S)Nc1ccccc1C(=O)O)C(Cl)(Cl)Cl. The molecule has 10 heteroatoms. The molecule has 0 aliphatic rings. The van der Waals surface area contributed by atoms with Crippen molar-refractivity contribution in [2.75, 3.05) is 5.32 Å². The van der Waals surface area contributed by atoms with E-state index in [2.05, 4.69) is 16.0 Å². The van der Waals surface area contributed by atoms with Crippen LogP contribution in [-0.4, -0.2) is 32.1 Å². The van der Waals surface area contributed by atoms with Gasteiger partial charge in [0.1, 0.15) is 6.17 Å². The van der Waals surface area contributed by atoms with E-state index in [-0.39, 0.29) is 22.3 Å². The summed E-state index contributed by atoms with van der Waals surface area (Å²) in [5.41, 5.74) is 0.306. The molecule has 26 heavy (non-hydrogen) atoms. The number of nitrogens with one attached hydrogen (secondary N) is 3. The second-order valence-corrected chi connectivity index (χ2v) is 8.23. The number of benzene rings is 1. The van der Waals surface area contributed by atoms with Crippen molar-refractivity contribution in [2.45, 2.75) is 42.6 Å². The standard InChI is InChI=1S/C16H20Cl3N3O3S/c1-2-3-4-9-12(23)21-14(16(17,18)19)22-15(26)20-11-8-6-5-7-10(11)13(24)25/h5-8,14H,2-4,9H2,1H3,(H,21,23)(H,24,25)(H2,20,22,26)/t14-/m1/s1. The molecule has 1 atom stereocenters. The number of halogens is 3. The van der Waals surface area contributed by atoms with E-state index in [0.717, 1.165) is 19.3 Å². The monoisotopic (exact) mass is 439 g/mol. The Balaban J connectivity index is 2.75. The third kappa shape index (κ3) is 7.95. The maximum Gasteiger partial charge on any atom is 0.337 e. The highest BCUT2D eigenvalue weighted by molar-refractivity contribution is 7.80. The number of amides is 1. The topological polar surface area (TPSA) is 90.5 Å². The molecule has 0 radical (unpaired) electrons. The van der Waals surface area contributed by atoms with Gasteiger partial charge in [0.2, 0.25) is 9.70 Å². The Bertz CT molecular complexity index is 653. The predicted octanol–water partition coefficient (Wildman–Crippen LogP) is 4.06. The Morgan fingerprint density at radius 3 is 2.42 bits per heavy atom. The van der Waals surface area contributed by atoms with Gasteiger partial charge in [-0.1, -0.05) is 66.7 Å². The van der Waals surface area contributed by atoms with Crippen molar-refractivity contribution in [1.29, 1.82) is 0 Å². The predicted molar refractivity (Wildman–Crippen MR) is 109 cm³/mol. The fourth-order valence-corrected chi connectivity index (χ4v) is 2.59. The molecule has 0 aromatic heterocycles. The van der Waals surface area contributed by atoms with E-state index >= 15 is 0 Å². The van der Waals surface area contributed by atoms with E-state index in [1.54, 1.807) is 18.2 Å². The first-order valence-corrected chi connectivity index (χ1v) is 9.45. The number of hydrogen-bond donors (Lipinski definition) is 4. The summed E-state index contributed by atoms with van der Waals surface area (Å²) in [6, 6.07) is 6.21. The molecule has 0 heterocycles. The van der Waals surface area contributed by atoms with Crippen molar-refractivity contribution >= 4 is 69.7 Å². The maximum absolute atomic E-state index is 12.0. The number of para-hydroxylation sites is 1. The van der Waals surface area contributed by atoms with Gasteiger partial charge in [0.25, 0.3) is 0 Å². The molecule has 0 spiro atoms. The molecule has 144 valence electrons. The zero-order valence-electron chi connectivity index (χ0n) is 14.0. The lowest BCUT2D eigenvalue weighted by Gasteiger charge is -2.28. The third-order valence-corrected chi connectivity index (χ3v) is 4.20. The molecular formula is C16H20Cl3N3O3S. The van der Waals surface area contributed by atoms with E-state index < -0.39 is 15.9 Å². The van der Waals surface area contributed by atoms with Gasteiger partial charge in [-0.3, -0.25) is 4.79 Å². The normalized spacial score (nSPS) is 12.2. The number of rotatable bonds is 8. The second-order valence-electron chi connectivity index (χ2n) is 5.45. The average molecular weight is 441 g/mol. The molecule has 0 bridgehead atoms. The molecule has 1 aromatic rings. The minimum Gasteiger partial charge on any atom is -0.478 e. The first kappa shape index (κ1) is 22.8. The van der Waals surface area contributed by atoms with Gasteiger partial charge in [-0.05, 0) is 30.8 Å². The van der Waals surface area contributed by atoms with Crippen LogP contribution in [0.15, 0.2) is 24.3 Å². The minimum atomic E-state index is -1.86. The summed E-state index contributed by atoms with van der Waals surface area (Å²) in [5.74, 6) is -1.39. The summed E-state index contributed by atoms with van der Waals surface area (Å²) in [5, 5.41) is 17.2. The first-order valence-electron chi connectivity index (χ1n) is 7.91. The molecule has 6 nitrogen and oxygen atoms in total. The quantitative estimate of drug-likeness (QED) is 0.211. The van der Waals surface area contributed by atoms with Crippen LogP contribution in [0.5, 0.6) is 0 Å². The Labute approximate surface area is 172 Å². The Morgan fingerprint density at radius 1 is 1.19 bits per heavy atom. The first-order chi connectivity index (χ1) is 12.1. The molecule has 0 unspecified atom stereocenters. The van der Waals surface area contributed by atoms with E-state index in [9.17, 15) is 14.7 Å². The van der Waals surface area contributed by atoms with E-state index in [1.165, 1.54) is 6.07 Å². The molecule has 1 aromatic carbocycles. The summed E-state index contributed by atoms with van der Waals surface area (Å²) >= 11 is 22.9. The summed E-state index contributed by atoms with van der Waals surface area (Å²) in [6.07, 6.45) is 1.85. The minimum absolute atomic E-state index is 0.00360. The molecule has 0 aliphatic heterocycles. The molecule has 0 aliphatic carbocycles. The number of carboxylic acid groups (broad SMARTS) is 1. The summed E-state index contributed by atoms with van der Waals surface area (Å²) in [6.45, 7) is 2.03. The molecule has 4 N–H and O–H groups in total. The number of thiocarbonyl (C=S) groups is 1. The number of anilines is 1. The van der Waals surface area contributed by atoms with Crippen molar-refractivity contribution < 1.29 is 14.7 Å². The Hall–Kier alpha value is -1.28. The maximum atomic E-state index is 12.0. The van der Waals surface area contributed by atoms with Gasteiger partial charge < -0.3 is 21.1 Å². The van der Waals surface area contributed by atoms with Crippen molar-refractivity contribution in [3.63, 3.8) is 0 Å². The fraction of sp³-hybridized carbons (Fsp3) is 0.438. The molecule has 0 saturated heterocycles. The Kier molecular flexibility index (Phi) is 9.43. The third-order valence-electron chi connectivity index (χ3n) is 3.32. The smallest absolute Gasteiger partial charge is 0.337 e. The van der Waals surface area contributed by atoms with Crippen molar-refractivity contribution in [3.05, 3.63) is 29.8 Å². The van der Waals surface area contributed by atoms with E-state index in [0.29, 0.717) is 6.42 Å². The summed E-state index contributed by atoms with van der Waals surface area (Å²) < 4.78 is -1.86. The van der Waals surface area contributed by atoms with Gasteiger partial charge in [0, 0.05) is 6.42 Å². The van der Waals surface area contributed by atoms with Gasteiger partial charge in [0.15, 0.2) is 5.11 Å². The van der Waals surface area contributed by atoms with Crippen molar-refractivity contribution in [1.82, 2.24) is 10.6 Å². The van der Waals surface area contributed by atoms with Crippen molar-refractivity contribution in [2.24, 2.45) is 0 Å². The molecule has 0 saturated carbocycles. The molecule has 1 amide bonds. The highest BCUT2D eigenvalue weighted by Crippen LogP contribution is 2.29. The van der Waals surface area contributed by atoms with Gasteiger partial charge in [-0.25, -0.2) is 4.79 Å². The second kappa shape index (κ2) is 10.8.